The van der Waals surface area contributed by atoms with E-state index < -0.39 is 0 Å². The van der Waals surface area contributed by atoms with Crippen molar-refractivity contribution in [2.75, 3.05) is 6.54 Å². The van der Waals surface area contributed by atoms with E-state index in [9.17, 15) is 4.79 Å². The molecule has 9 heavy (non-hydrogen) atoms. The molecule has 4 nitrogen and oxygen atoms in total. The summed E-state index contributed by atoms with van der Waals surface area (Å²) < 4.78 is 0. The Hall–Kier alpha value is -0.610. The Balaban J connectivity index is 2.49. The molecule has 0 aromatic rings. The molecule has 0 spiro atoms. The Bertz CT molecular complexity index is 125. The van der Waals surface area contributed by atoms with Crippen LogP contribution in [0, 0.1) is 0 Å². The minimum Gasteiger partial charge on any atom is -0.368 e. The summed E-state index contributed by atoms with van der Waals surface area (Å²) in [6, 6.07) is -0.382. The van der Waals surface area contributed by atoms with Gasteiger partial charge in [0, 0.05) is 6.04 Å². The van der Waals surface area contributed by atoms with Gasteiger partial charge in [0.1, 0.15) is 6.04 Å². The summed E-state index contributed by atoms with van der Waals surface area (Å²) in [5.74, 6) is -0.347. The van der Waals surface area contributed by atoms with Gasteiger partial charge in [0.2, 0.25) is 5.91 Å². The van der Waals surface area contributed by atoms with E-state index in [1.54, 1.807) is 0 Å². The molecule has 1 amide bonds. The Morgan fingerprint density at radius 1 is 1.67 bits per heavy atom. The van der Waals surface area contributed by atoms with Crippen molar-refractivity contribution in [3.63, 3.8) is 0 Å². The van der Waals surface area contributed by atoms with Gasteiger partial charge in [-0.15, -0.1) is 0 Å². The summed E-state index contributed by atoms with van der Waals surface area (Å²) in [5, 5.41) is 2.91. The Morgan fingerprint density at radius 3 is 2.56 bits per heavy atom. The molecule has 1 fully saturated rings. The molecule has 0 saturated carbocycles. The third-order valence-corrected chi connectivity index (χ3v) is 1.58. The second kappa shape index (κ2) is 2.33. The first-order valence-corrected chi connectivity index (χ1v) is 3.00. The minimum atomic E-state index is -0.347. The fourth-order valence-corrected chi connectivity index (χ4v) is 1.04. The second-order valence-electron chi connectivity index (χ2n) is 2.29. The average molecular weight is 129 g/mol. The third kappa shape index (κ3) is 1.20. The van der Waals surface area contributed by atoms with E-state index in [0.29, 0.717) is 0 Å². The Labute approximate surface area is 53.6 Å². The van der Waals surface area contributed by atoms with Gasteiger partial charge in [0.15, 0.2) is 0 Å². The van der Waals surface area contributed by atoms with Crippen LogP contribution in [0.1, 0.15) is 6.42 Å². The quantitative estimate of drug-likeness (QED) is 0.389. The van der Waals surface area contributed by atoms with Crippen molar-refractivity contribution in [2.45, 2.75) is 18.5 Å². The molecule has 5 N–H and O–H groups in total. The van der Waals surface area contributed by atoms with E-state index in [1.807, 2.05) is 0 Å². The van der Waals surface area contributed by atoms with Crippen molar-refractivity contribution in [1.82, 2.24) is 5.32 Å². The van der Waals surface area contributed by atoms with Crippen LogP contribution in [-0.2, 0) is 4.79 Å². The van der Waals surface area contributed by atoms with Gasteiger partial charge in [0.05, 0.1) is 0 Å². The number of nitrogens with two attached hydrogens (primary N) is 2. The van der Waals surface area contributed by atoms with Crippen LogP contribution < -0.4 is 16.8 Å². The molecule has 1 rings (SSSR count). The monoisotopic (exact) mass is 129 g/mol. The van der Waals surface area contributed by atoms with Crippen molar-refractivity contribution in [1.29, 1.82) is 0 Å². The number of rotatable bonds is 1. The van der Waals surface area contributed by atoms with E-state index in [1.165, 1.54) is 0 Å². The normalized spacial score (nSPS) is 34.8. The van der Waals surface area contributed by atoms with Gasteiger partial charge in [-0.3, -0.25) is 4.79 Å². The van der Waals surface area contributed by atoms with E-state index in [0.717, 1.165) is 13.0 Å². The van der Waals surface area contributed by atoms with Crippen LogP contribution >= 0.6 is 0 Å². The number of hydrogen-bond acceptors (Lipinski definition) is 3. The van der Waals surface area contributed by atoms with E-state index in [4.69, 9.17) is 11.5 Å². The fourth-order valence-electron chi connectivity index (χ4n) is 1.04. The standard InChI is InChI=1S/C5H11N3O/c6-3-1-2-8-4(3)5(7)9/h3-4,8H,1-2,6H2,(H2,7,9)/t3?,4-/m1/s1. The number of primary amides is 1. The zero-order valence-electron chi connectivity index (χ0n) is 5.13. The molecule has 2 atom stereocenters. The summed E-state index contributed by atoms with van der Waals surface area (Å²) in [7, 11) is 0. The molecule has 1 aliphatic rings. The van der Waals surface area contributed by atoms with Gasteiger partial charge in [-0.1, -0.05) is 0 Å². The first-order valence-electron chi connectivity index (χ1n) is 3.00. The lowest BCUT2D eigenvalue weighted by Crippen LogP contribution is -2.46. The lowest BCUT2D eigenvalue weighted by molar-refractivity contribution is -0.119. The highest BCUT2D eigenvalue weighted by atomic mass is 16.1. The molecule has 1 aliphatic heterocycles. The van der Waals surface area contributed by atoms with Crippen LogP contribution in [0.25, 0.3) is 0 Å². The van der Waals surface area contributed by atoms with Crippen molar-refractivity contribution in [2.24, 2.45) is 11.5 Å². The SMILES string of the molecule is NC(=O)[C@@H]1NCCC1N. The van der Waals surface area contributed by atoms with Crippen LogP contribution in [0.3, 0.4) is 0 Å². The predicted octanol–water partition coefficient (Wildman–Crippen LogP) is -1.84. The highest BCUT2D eigenvalue weighted by Crippen LogP contribution is 2.02. The molecule has 1 unspecified atom stereocenters. The zero-order valence-corrected chi connectivity index (χ0v) is 5.13. The molecule has 0 aromatic carbocycles. The fraction of sp³-hybridized carbons (Fsp3) is 0.800. The van der Waals surface area contributed by atoms with Gasteiger partial charge in [-0.25, -0.2) is 0 Å². The maximum absolute atomic E-state index is 10.5. The predicted molar refractivity (Wildman–Crippen MR) is 33.6 cm³/mol. The highest BCUT2D eigenvalue weighted by molar-refractivity contribution is 5.81. The molecule has 52 valence electrons. The summed E-state index contributed by atoms with van der Waals surface area (Å²) in [6.45, 7) is 0.800. The molecule has 1 saturated heterocycles. The maximum Gasteiger partial charge on any atom is 0.236 e. The van der Waals surface area contributed by atoms with Gasteiger partial charge in [-0.2, -0.15) is 0 Å². The summed E-state index contributed by atoms with van der Waals surface area (Å²) >= 11 is 0. The number of hydrogen-bond donors (Lipinski definition) is 3. The van der Waals surface area contributed by atoms with Crippen LogP contribution in [0.5, 0.6) is 0 Å². The number of nitrogens with one attached hydrogen (secondary N) is 1. The summed E-state index contributed by atoms with van der Waals surface area (Å²) in [4.78, 5) is 10.5. The second-order valence-corrected chi connectivity index (χ2v) is 2.29. The number of carbonyl (C=O) groups excluding carboxylic acids is 1. The van der Waals surface area contributed by atoms with Crippen LogP contribution in [-0.4, -0.2) is 24.5 Å². The van der Waals surface area contributed by atoms with Crippen LogP contribution in [0.15, 0.2) is 0 Å². The van der Waals surface area contributed by atoms with E-state index >= 15 is 0 Å². The molecule has 0 aromatic heterocycles. The minimum absolute atomic E-state index is 0.0810. The molecule has 0 bridgehead atoms. The van der Waals surface area contributed by atoms with Crippen LogP contribution in [0.4, 0.5) is 0 Å². The first-order chi connectivity index (χ1) is 4.22. The van der Waals surface area contributed by atoms with Crippen molar-refractivity contribution < 1.29 is 4.79 Å². The van der Waals surface area contributed by atoms with Crippen molar-refractivity contribution >= 4 is 5.91 Å². The highest BCUT2D eigenvalue weighted by Gasteiger charge is 2.27. The lowest BCUT2D eigenvalue weighted by atomic mass is 10.1. The Morgan fingerprint density at radius 2 is 2.33 bits per heavy atom. The van der Waals surface area contributed by atoms with Crippen molar-refractivity contribution in [3.8, 4) is 0 Å². The number of carbonyl (C=O) groups is 1. The molecule has 0 radical (unpaired) electrons. The van der Waals surface area contributed by atoms with Gasteiger partial charge in [0.25, 0.3) is 0 Å². The van der Waals surface area contributed by atoms with Gasteiger partial charge < -0.3 is 16.8 Å². The summed E-state index contributed by atoms with van der Waals surface area (Å²) in [5.41, 5.74) is 10.5. The molecule has 4 heteroatoms. The molecule has 0 aliphatic carbocycles. The van der Waals surface area contributed by atoms with E-state index in [-0.39, 0.29) is 18.0 Å². The van der Waals surface area contributed by atoms with Crippen LogP contribution in [0.2, 0.25) is 0 Å². The third-order valence-electron chi connectivity index (χ3n) is 1.58. The maximum atomic E-state index is 10.5. The summed E-state index contributed by atoms with van der Waals surface area (Å²) in [6.07, 6.45) is 0.841. The lowest BCUT2D eigenvalue weighted by Gasteiger charge is -2.09. The zero-order chi connectivity index (χ0) is 6.85. The average Bonchev–Trinajstić information content (AvgIpc) is 2.13. The topological polar surface area (TPSA) is 81.1 Å². The van der Waals surface area contributed by atoms with Gasteiger partial charge >= 0.3 is 0 Å². The Kier molecular flexibility index (Phi) is 1.68. The largest absolute Gasteiger partial charge is 0.368 e. The molecule has 1 heterocycles. The smallest absolute Gasteiger partial charge is 0.236 e. The molecular weight excluding hydrogens is 118 g/mol. The first kappa shape index (κ1) is 6.51. The van der Waals surface area contributed by atoms with Crippen molar-refractivity contribution in [3.05, 3.63) is 0 Å². The number of amides is 1. The van der Waals surface area contributed by atoms with E-state index in [2.05, 4.69) is 5.32 Å². The van der Waals surface area contributed by atoms with Gasteiger partial charge in [-0.05, 0) is 13.0 Å². The molecular formula is C5H11N3O.